The summed E-state index contributed by atoms with van der Waals surface area (Å²) in [6.07, 6.45) is 3.72. The van der Waals surface area contributed by atoms with Gasteiger partial charge >= 0.3 is 0 Å². The monoisotopic (exact) mass is 268 g/mol. The zero-order valence-electron chi connectivity index (χ0n) is 8.02. The fourth-order valence-electron chi connectivity index (χ4n) is 1.59. The van der Waals surface area contributed by atoms with Crippen LogP contribution in [0.15, 0.2) is 36.0 Å². The average molecular weight is 269 g/mol. The number of hydrogen-bond donors (Lipinski definition) is 0. The van der Waals surface area contributed by atoms with Crippen molar-refractivity contribution in [2.75, 3.05) is 0 Å². The standard InChI is InChI=1S/C11H6Cl2N2S/c12-8-2-1-7(5-9(8)13)10-6-16-11-14-3-4-15(10)11/h1-6H. The van der Waals surface area contributed by atoms with Crippen LogP contribution in [-0.4, -0.2) is 9.38 Å². The van der Waals surface area contributed by atoms with E-state index >= 15 is 0 Å². The fourth-order valence-corrected chi connectivity index (χ4v) is 2.75. The molecule has 0 saturated carbocycles. The lowest BCUT2D eigenvalue weighted by Gasteiger charge is -2.01. The number of halogens is 2. The summed E-state index contributed by atoms with van der Waals surface area (Å²) >= 11 is 13.5. The first-order valence-electron chi connectivity index (χ1n) is 4.62. The number of fused-ring (bicyclic) bond motifs is 1. The molecular weight excluding hydrogens is 263 g/mol. The molecule has 0 aliphatic carbocycles. The van der Waals surface area contributed by atoms with Gasteiger partial charge in [-0.1, -0.05) is 29.3 Å². The summed E-state index contributed by atoms with van der Waals surface area (Å²) in [5.74, 6) is 0. The van der Waals surface area contributed by atoms with E-state index < -0.39 is 0 Å². The summed E-state index contributed by atoms with van der Waals surface area (Å²) in [4.78, 5) is 5.20. The Labute approximate surface area is 106 Å². The third kappa shape index (κ3) is 1.52. The maximum absolute atomic E-state index is 6.00. The summed E-state index contributed by atoms with van der Waals surface area (Å²) < 4.78 is 2.03. The number of benzene rings is 1. The van der Waals surface area contributed by atoms with Gasteiger partial charge < -0.3 is 0 Å². The predicted molar refractivity (Wildman–Crippen MR) is 68.5 cm³/mol. The van der Waals surface area contributed by atoms with Gasteiger partial charge in [-0.2, -0.15) is 0 Å². The number of thiazole rings is 1. The molecule has 0 bridgehead atoms. The molecule has 0 unspecified atom stereocenters. The maximum atomic E-state index is 6.00. The van der Waals surface area contributed by atoms with Gasteiger partial charge in [-0.05, 0) is 12.1 Å². The lowest BCUT2D eigenvalue weighted by molar-refractivity contribution is 1.24. The first kappa shape index (κ1) is 10.1. The quantitative estimate of drug-likeness (QED) is 0.641. The van der Waals surface area contributed by atoms with Crippen molar-refractivity contribution in [2.24, 2.45) is 0 Å². The highest BCUT2D eigenvalue weighted by atomic mass is 35.5. The Morgan fingerprint density at radius 3 is 2.88 bits per heavy atom. The highest BCUT2D eigenvalue weighted by molar-refractivity contribution is 7.15. The van der Waals surface area contributed by atoms with Crippen molar-refractivity contribution < 1.29 is 0 Å². The van der Waals surface area contributed by atoms with Crippen molar-refractivity contribution in [2.45, 2.75) is 0 Å². The lowest BCUT2D eigenvalue weighted by Crippen LogP contribution is -1.83. The molecule has 0 fully saturated rings. The number of aromatic nitrogens is 2. The van der Waals surface area contributed by atoms with Gasteiger partial charge in [-0.3, -0.25) is 4.40 Å². The van der Waals surface area contributed by atoms with Crippen molar-refractivity contribution >= 4 is 39.5 Å². The van der Waals surface area contributed by atoms with Crippen molar-refractivity contribution in [1.82, 2.24) is 9.38 Å². The smallest absolute Gasteiger partial charge is 0.194 e. The van der Waals surface area contributed by atoms with Gasteiger partial charge in [0.2, 0.25) is 0 Å². The van der Waals surface area contributed by atoms with Gasteiger partial charge in [-0.25, -0.2) is 4.98 Å². The highest BCUT2D eigenvalue weighted by Crippen LogP contribution is 2.30. The first-order valence-corrected chi connectivity index (χ1v) is 6.25. The van der Waals surface area contributed by atoms with E-state index in [2.05, 4.69) is 10.4 Å². The van der Waals surface area contributed by atoms with E-state index in [9.17, 15) is 0 Å². The van der Waals surface area contributed by atoms with Crippen molar-refractivity contribution in [3.05, 3.63) is 46.0 Å². The molecule has 0 spiro atoms. The molecule has 3 aromatic rings. The Bertz CT molecular complexity index is 657. The van der Waals surface area contributed by atoms with E-state index in [0.717, 1.165) is 16.2 Å². The molecule has 0 saturated heterocycles. The number of hydrogen-bond acceptors (Lipinski definition) is 2. The van der Waals surface area contributed by atoms with Crippen molar-refractivity contribution in [3.8, 4) is 11.3 Å². The van der Waals surface area contributed by atoms with Gasteiger partial charge in [0, 0.05) is 23.3 Å². The summed E-state index contributed by atoms with van der Waals surface area (Å²) in [5, 5.41) is 3.20. The number of rotatable bonds is 1. The molecule has 0 N–H and O–H groups in total. The SMILES string of the molecule is Clc1ccc(-c2csc3nccn23)cc1Cl. The minimum Gasteiger partial charge on any atom is -0.290 e. The van der Waals surface area contributed by atoms with Gasteiger partial charge in [0.25, 0.3) is 0 Å². The molecule has 80 valence electrons. The topological polar surface area (TPSA) is 17.3 Å². The predicted octanol–water partition coefficient (Wildman–Crippen LogP) is 4.37. The van der Waals surface area contributed by atoms with E-state index in [4.69, 9.17) is 23.2 Å². The Hall–Kier alpha value is -1.03. The molecular formula is C11H6Cl2N2S. The minimum absolute atomic E-state index is 0.568. The zero-order chi connectivity index (χ0) is 11.1. The Balaban J connectivity index is 2.23. The normalized spacial score (nSPS) is 11.1. The molecule has 2 heterocycles. The van der Waals surface area contributed by atoms with Gasteiger partial charge in [0.05, 0.1) is 15.7 Å². The van der Waals surface area contributed by atoms with Crippen LogP contribution in [0.2, 0.25) is 10.0 Å². The number of imidazole rings is 1. The molecule has 0 amide bonds. The second-order valence-corrected chi connectivity index (χ2v) is 4.98. The molecule has 3 rings (SSSR count). The van der Waals surface area contributed by atoms with Crippen LogP contribution in [0.5, 0.6) is 0 Å². The van der Waals surface area contributed by atoms with Crippen LogP contribution in [0, 0.1) is 0 Å². The Morgan fingerprint density at radius 1 is 1.19 bits per heavy atom. The second-order valence-electron chi connectivity index (χ2n) is 3.33. The van der Waals surface area contributed by atoms with Gasteiger partial charge in [0.15, 0.2) is 4.96 Å². The second kappa shape index (κ2) is 3.77. The van der Waals surface area contributed by atoms with E-state index in [1.54, 1.807) is 23.6 Å². The van der Waals surface area contributed by atoms with Gasteiger partial charge in [-0.15, -0.1) is 11.3 Å². The van der Waals surface area contributed by atoms with Gasteiger partial charge in [0.1, 0.15) is 0 Å². The zero-order valence-corrected chi connectivity index (χ0v) is 10.4. The molecule has 16 heavy (non-hydrogen) atoms. The van der Waals surface area contributed by atoms with E-state index in [1.807, 2.05) is 22.7 Å². The average Bonchev–Trinajstić information content (AvgIpc) is 2.83. The minimum atomic E-state index is 0.568. The summed E-state index contributed by atoms with van der Waals surface area (Å²) in [6, 6.07) is 5.63. The van der Waals surface area contributed by atoms with E-state index in [0.29, 0.717) is 10.0 Å². The largest absolute Gasteiger partial charge is 0.290 e. The third-order valence-corrected chi connectivity index (χ3v) is 3.95. The Morgan fingerprint density at radius 2 is 2.06 bits per heavy atom. The molecule has 0 atom stereocenters. The van der Waals surface area contributed by atoms with Crippen LogP contribution >= 0.6 is 34.5 Å². The first-order chi connectivity index (χ1) is 7.75. The maximum Gasteiger partial charge on any atom is 0.194 e. The van der Waals surface area contributed by atoms with Crippen LogP contribution in [-0.2, 0) is 0 Å². The van der Waals surface area contributed by atoms with Crippen LogP contribution in [0.25, 0.3) is 16.2 Å². The molecule has 0 aliphatic rings. The van der Waals surface area contributed by atoms with Crippen molar-refractivity contribution in [1.29, 1.82) is 0 Å². The van der Waals surface area contributed by atoms with Crippen molar-refractivity contribution in [3.63, 3.8) is 0 Å². The van der Waals surface area contributed by atoms with Crippen LogP contribution in [0.1, 0.15) is 0 Å². The third-order valence-electron chi connectivity index (χ3n) is 2.36. The molecule has 0 radical (unpaired) electrons. The van der Waals surface area contributed by atoms with E-state index in [-0.39, 0.29) is 0 Å². The molecule has 2 nitrogen and oxygen atoms in total. The summed E-state index contributed by atoms with van der Waals surface area (Å²) in [5.41, 5.74) is 2.12. The number of nitrogens with zero attached hydrogens (tertiary/aromatic N) is 2. The molecule has 0 aliphatic heterocycles. The Kier molecular flexibility index (Phi) is 2.39. The molecule has 1 aromatic carbocycles. The van der Waals surface area contributed by atoms with Crippen LogP contribution in [0.4, 0.5) is 0 Å². The lowest BCUT2D eigenvalue weighted by atomic mass is 10.2. The fraction of sp³-hybridized carbons (Fsp3) is 0. The molecule has 2 aromatic heterocycles. The van der Waals surface area contributed by atoms with Crippen LogP contribution in [0.3, 0.4) is 0 Å². The molecule has 5 heteroatoms. The van der Waals surface area contributed by atoms with Crippen LogP contribution < -0.4 is 0 Å². The van der Waals surface area contributed by atoms with E-state index in [1.165, 1.54) is 0 Å². The summed E-state index contributed by atoms with van der Waals surface area (Å²) in [7, 11) is 0. The highest BCUT2D eigenvalue weighted by Gasteiger charge is 2.07. The summed E-state index contributed by atoms with van der Waals surface area (Å²) in [6.45, 7) is 0.